The molecule has 0 saturated carbocycles. The van der Waals surface area contributed by atoms with Crippen molar-refractivity contribution in [3.8, 4) is 0 Å². The quantitative estimate of drug-likeness (QED) is 0.521. The zero-order valence-electron chi connectivity index (χ0n) is 9.30. The van der Waals surface area contributed by atoms with Crippen molar-refractivity contribution in [3.63, 3.8) is 0 Å². The number of esters is 1. The average Bonchev–Trinajstić information content (AvgIpc) is 2.12. The lowest BCUT2D eigenvalue weighted by Crippen LogP contribution is -2.55. The molecule has 1 heterocycles. The third-order valence-corrected chi connectivity index (χ3v) is 2.62. The van der Waals surface area contributed by atoms with Gasteiger partial charge in [0.25, 0.3) is 0 Å². The smallest absolute Gasteiger partial charge is 0.320 e. The van der Waals surface area contributed by atoms with Gasteiger partial charge >= 0.3 is 5.97 Å². The van der Waals surface area contributed by atoms with Crippen molar-refractivity contribution in [2.75, 3.05) is 33.3 Å². The van der Waals surface area contributed by atoms with E-state index in [1.165, 1.54) is 0 Å². The zero-order valence-corrected chi connectivity index (χ0v) is 9.30. The summed E-state index contributed by atoms with van der Waals surface area (Å²) in [6.45, 7) is 7.09. The van der Waals surface area contributed by atoms with E-state index < -0.39 is 0 Å². The molecule has 0 amide bonds. The van der Waals surface area contributed by atoms with E-state index in [2.05, 4.69) is 24.1 Å². The molecule has 14 heavy (non-hydrogen) atoms. The molecule has 0 aromatic heterocycles. The zero-order chi connectivity index (χ0) is 10.6. The minimum absolute atomic E-state index is 0.0123. The van der Waals surface area contributed by atoms with Crippen LogP contribution in [0.15, 0.2) is 0 Å². The summed E-state index contributed by atoms with van der Waals surface area (Å²) in [5.41, 5.74) is -0.0123. The lowest BCUT2D eigenvalue weighted by molar-refractivity contribution is -0.159. The van der Waals surface area contributed by atoms with Gasteiger partial charge in [0.05, 0.1) is 12.1 Å². The first-order chi connectivity index (χ1) is 6.56. The summed E-state index contributed by atoms with van der Waals surface area (Å²) in [7, 11) is 1.94. The van der Waals surface area contributed by atoms with Crippen LogP contribution in [0.5, 0.6) is 0 Å². The molecule has 1 aliphatic rings. The minimum Gasteiger partial charge on any atom is -0.463 e. The van der Waals surface area contributed by atoms with E-state index in [9.17, 15) is 4.79 Å². The second-order valence-electron chi connectivity index (χ2n) is 4.35. The highest BCUT2D eigenvalue weighted by Gasteiger charge is 2.34. The lowest BCUT2D eigenvalue weighted by atomic mass is 10.0. The predicted octanol–water partition coefficient (Wildman–Crippen LogP) is 0.233. The van der Waals surface area contributed by atoms with Crippen LogP contribution in [0.4, 0.5) is 0 Å². The number of carbonyl (C=O) groups is 1. The van der Waals surface area contributed by atoms with Gasteiger partial charge in [-0.2, -0.15) is 0 Å². The van der Waals surface area contributed by atoms with Crippen LogP contribution in [0.1, 0.15) is 20.3 Å². The fourth-order valence-electron chi connectivity index (χ4n) is 1.59. The number of carbonyl (C=O) groups excluding carboxylic acids is 1. The summed E-state index contributed by atoms with van der Waals surface area (Å²) < 4.78 is 5.03. The van der Waals surface area contributed by atoms with Gasteiger partial charge in [0.1, 0.15) is 6.61 Å². The molecule has 1 saturated heterocycles. The monoisotopic (exact) mass is 200 g/mol. The Morgan fingerprint density at radius 1 is 1.57 bits per heavy atom. The maximum absolute atomic E-state index is 11.1. The first kappa shape index (κ1) is 11.5. The maximum atomic E-state index is 11.1. The van der Waals surface area contributed by atoms with Crippen molar-refractivity contribution in [3.05, 3.63) is 0 Å². The summed E-state index contributed by atoms with van der Waals surface area (Å²) in [6.07, 6.45) is 1.06. The van der Waals surface area contributed by atoms with Gasteiger partial charge in [0, 0.05) is 6.54 Å². The number of nitrogens with one attached hydrogen (secondary N) is 1. The fraction of sp³-hybridized carbons (Fsp3) is 0.900. The summed E-state index contributed by atoms with van der Waals surface area (Å²) in [6, 6.07) is 0. The van der Waals surface area contributed by atoms with E-state index in [-0.39, 0.29) is 11.5 Å². The molecule has 1 N–H and O–H groups in total. The topological polar surface area (TPSA) is 41.6 Å². The van der Waals surface area contributed by atoms with Gasteiger partial charge in [-0.3, -0.25) is 9.69 Å². The molecular weight excluding hydrogens is 180 g/mol. The summed E-state index contributed by atoms with van der Waals surface area (Å²) in [4.78, 5) is 13.3. The van der Waals surface area contributed by atoms with Gasteiger partial charge < -0.3 is 10.1 Å². The molecule has 0 radical (unpaired) electrons. The average molecular weight is 200 g/mol. The third kappa shape index (κ3) is 2.96. The lowest BCUT2D eigenvalue weighted by Gasteiger charge is -2.41. The standard InChI is InChI=1S/C10H20N2O2/c1-10(2)8-14-9(13)7-12(10)6-4-5-11-3/h11H,4-8H2,1-3H3. The van der Waals surface area contributed by atoms with Crippen LogP contribution in [0.3, 0.4) is 0 Å². The molecule has 1 fully saturated rings. The highest BCUT2D eigenvalue weighted by Crippen LogP contribution is 2.19. The Kier molecular flexibility index (Phi) is 3.89. The summed E-state index contributed by atoms with van der Waals surface area (Å²) in [5, 5.41) is 3.10. The van der Waals surface area contributed by atoms with Crippen molar-refractivity contribution < 1.29 is 9.53 Å². The van der Waals surface area contributed by atoms with Crippen LogP contribution in [-0.4, -0.2) is 49.7 Å². The van der Waals surface area contributed by atoms with E-state index >= 15 is 0 Å². The Morgan fingerprint density at radius 3 is 2.93 bits per heavy atom. The number of ether oxygens (including phenoxy) is 1. The second-order valence-corrected chi connectivity index (χ2v) is 4.35. The van der Waals surface area contributed by atoms with Crippen LogP contribution in [0.2, 0.25) is 0 Å². The molecule has 0 aromatic rings. The predicted molar refractivity (Wildman–Crippen MR) is 55.2 cm³/mol. The van der Waals surface area contributed by atoms with E-state index in [0.717, 1.165) is 19.5 Å². The van der Waals surface area contributed by atoms with Crippen molar-refractivity contribution in [2.45, 2.75) is 25.8 Å². The summed E-state index contributed by atoms with van der Waals surface area (Å²) in [5.74, 6) is -0.103. The van der Waals surface area contributed by atoms with Crippen LogP contribution in [0.25, 0.3) is 0 Å². The van der Waals surface area contributed by atoms with Gasteiger partial charge in [-0.15, -0.1) is 0 Å². The SMILES string of the molecule is CNCCCN1CC(=O)OCC1(C)C. The Balaban J connectivity index is 2.41. The number of nitrogens with zero attached hydrogens (tertiary/aromatic N) is 1. The van der Waals surface area contributed by atoms with E-state index in [0.29, 0.717) is 13.2 Å². The molecule has 4 heteroatoms. The van der Waals surface area contributed by atoms with Crippen molar-refractivity contribution in [1.82, 2.24) is 10.2 Å². The molecule has 4 nitrogen and oxygen atoms in total. The maximum Gasteiger partial charge on any atom is 0.320 e. The Hall–Kier alpha value is -0.610. The highest BCUT2D eigenvalue weighted by atomic mass is 16.5. The number of hydrogen-bond acceptors (Lipinski definition) is 4. The largest absolute Gasteiger partial charge is 0.463 e. The Bertz CT molecular complexity index is 204. The molecule has 0 spiro atoms. The highest BCUT2D eigenvalue weighted by molar-refractivity contribution is 5.72. The minimum atomic E-state index is -0.103. The first-order valence-electron chi connectivity index (χ1n) is 5.11. The molecule has 0 aromatic carbocycles. The Morgan fingerprint density at radius 2 is 2.29 bits per heavy atom. The normalized spacial score (nSPS) is 22.1. The van der Waals surface area contributed by atoms with Crippen molar-refractivity contribution in [2.24, 2.45) is 0 Å². The van der Waals surface area contributed by atoms with E-state index in [1.54, 1.807) is 0 Å². The number of rotatable bonds is 4. The number of cyclic esters (lactones) is 1. The van der Waals surface area contributed by atoms with Crippen LogP contribution >= 0.6 is 0 Å². The molecule has 0 bridgehead atoms. The molecule has 1 rings (SSSR count). The number of morpholine rings is 1. The van der Waals surface area contributed by atoms with Crippen molar-refractivity contribution in [1.29, 1.82) is 0 Å². The number of hydrogen-bond donors (Lipinski definition) is 1. The van der Waals surface area contributed by atoms with Gasteiger partial charge in [-0.25, -0.2) is 0 Å². The van der Waals surface area contributed by atoms with Gasteiger partial charge in [0.2, 0.25) is 0 Å². The second kappa shape index (κ2) is 4.75. The van der Waals surface area contributed by atoms with Crippen molar-refractivity contribution >= 4 is 5.97 Å². The molecule has 0 aliphatic carbocycles. The first-order valence-corrected chi connectivity index (χ1v) is 5.11. The van der Waals surface area contributed by atoms with Gasteiger partial charge in [-0.1, -0.05) is 0 Å². The fourth-order valence-corrected chi connectivity index (χ4v) is 1.59. The van der Waals surface area contributed by atoms with Crippen LogP contribution in [0, 0.1) is 0 Å². The van der Waals surface area contributed by atoms with E-state index in [1.807, 2.05) is 7.05 Å². The Labute approximate surface area is 85.6 Å². The van der Waals surface area contributed by atoms with Gasteiger partial charge in [0.15, 0.2) is 0 Å². The third-order valence-electron chi connectivity index (χ3n) is 2.62. The molecular formula is C10H20N2O2. The molecule has 1 aliphatic heterocycles. The van der Waals surface area contributed by atoms with Crippen LogP contribution < -0.4 is 5.32 Å². The molecule has 82 valence electrons. The summed E-state index contributed by atoms with van der Waals surface area (Å²) >= 11 is 0. The van der Waals surface area contributed by atoms with E-state index in [4.69, 9.17) is 4.74 Å². The molecule has 0 atom stereocenters. The van der Waals surface area contributed by atoms with Crippen LogP contribution in [-0.2, 0) is 9.53 Å². The molecule has 0 unspecified atom stereocenters. The van der Waals surface area contributed by atoms with Gasteiger partial charge in [-0.05, 0) is 33.9 Å².